The van der Waals surface area contributed by atoms with Crippen LogP contribution < -0.4 is 10.6 Å². The minimum atomic E-state index is -0.165. The van der Waals surface area contributed by atoms with E-state index in [1.165, 1.54) is 32.1 Å². The van der Waals surface area contributed by atoms with Crippen LogP contribution in [0.4, 0.5) is 4.79 Å². The molecule has 3 atom stereocenters. The standard InChI is InChI=1S/C13H24N2O2/c1-9(8-16)14-13(17)15-12-7-11(12)10-5-3-2-4-6-10/h9-12,16H,2-8H2,1H3,(H2,14,15,17). The molecule has 0 spiro atoms. The van der Waals surface area contributed by atoms with Gasteiger partial charge in [-0.2, -0.15) is 0 Å². The molecule has 4 nitrogen and oxygen atoms in total. The average Bonchev–Trinajstić information content (AvgIpc) is 3.09. The summed E-state index contributed by atoms with van der Waals surface area (Å²) in [4.78, 5) is 11.6. The van der Waals surface area contributed by atoms with E-state index in [2.05, 4.69) is 10.6 Å². The van der Waals surface area contributed by atoms with E-state index in [1.807, 2.05) is 0 Å². The molecule has 2 amide bonds. The number of aliphatic hydroxyl groups excluding tert-OH is 1. The first-order chi connectivity index (χ1) is 8.20. The van der Waals surface area contributed by atoms with Crippen molar-refractivity contribution in [2.24, 2.45) is 11.8 Å². The van der Waals surface area contributed by atoms with Crippen LogP contribution in [-0.2, 0) is 0 Å². The van der Waals surface area contributed by atoms with E-state index in [4.69, 9.17) is 5.11 Å². The van der Waals surface area contributed by atoms with Gasteiger partial charge in [0.25, 0.3) is 0 Å². The maximum atomic E-state index is 11.6. The zero-order chi connectivity index (χ0) is 12.3. The van der Waals surface area contributed by atoms with Crippen molar-refractivity contribution < 1.29 is 9.90 Å². The average molecular weight is 240 g/mol. The van der Waals surface area contributed by atoms with E-state index in [0.29, 0.717) is 12.0 Å². The van der Waals surface area contributed by atoms with Crippen molar-refractivity contribution in [1.29, 1.82) is 0 Å². The third kappa shape index (κ3) is 3.60. The summed E-state index contributed by atoms with van der Waals surface area (Å²) in [5.74, 6) is 1.55. The fourth-order valence-corrected chi connectivity index (χ4v) is 2.94. The molecule has 0 aromatic rings. The Hall–Kier alpha value is -0.770. The number of amides is 2. The van der Waals surface area contributed by atoms with Gasteiger partial charge in [-0.15, -0.1) is 0 Å². The van der Waals surface area contributed by atoms with Crippen molar-refractivity contribution in [2.45, 2.75) is 57.5 Å². The number of hydrogen-bond donors (Lipinski definition) is 3. The zero-order valence-electron chi connectivity index (χ0n) is 10.6. The summed E-state index contributed by atoms with van der Waals surface area (Å²) in [5.41, 5.74) is 0. The minimum Gasteiger partial charge on any atom is -0.394 e. The largest absolute Gasteiger partial charge is 0.394 e. The summed E-state index contributed by atoms with van der Waals surface area (Å²) >= 11 is 0. The molecule has 2 fully saturated rings. The molecule has 3 unspecified atom stereocenters. The second-order valence-electron chi connectivity index (χ2n) is 5.61. The molecule has 2 aliphatic carbocycles. The lowest BCUT2D eigenvalue weighted by atomic mass is 9.85. The highest BCUT2D eigenvalue weighted by Gasteiger charge is 2.43. The molecule has 0 radical (unpaired) electrons. The molecular formula is C13H24N2O2. The van der Waals surface area contributed by atoms with E-state index in [9.17, 15) is 4.79 Å². The van der Waals surface area contributed by atoms with Gasteiger partial charge in [-0.3, -0.25) is 0 Å². The van der Waals surface area contributed by atoms with E-state index >= 15 is 0 Å². The van der Waals surface area contributed by atoms with Gasteiger partial charge in [0.1, 0.15) is 0 Å². The van der Waals surface area contributed by atoms with E-state index in [1.54, 1.807) is 6.92 Å². The number of urea groups is 1. The fourth-order valence-electron chi connectivity index (χ4n) is 2.94. The number of carbonyl (C=O) groups excluding carboxylic acids is 1. The maximum Gasteiger partial charge on any atom is 0.315 e. The van der Waals surface area contributed by atoms with Crippen LogP contribution in [0.1, 0.15) is 45.4 Å². The number of aliphatic hydroxyl groups is 1. The first kappa shape index (κ1) is 12.7. The molecule has 17 heavy (non-hydrogen) atoms. The predicted octanol–water partition coefficient (Wildman–Crippen LogP) is 1.64. The molecule has 2 aliphatic rings. The van der Waals surface area contributed by atoms with Crippen molar-refractivity contribution in [3.63, 3.8) is 0 Å². The van der Waals surface area contributed by atoms with E-state index < -0.39 is 0 Å². The Morgan fingerprint density at radius 1 is 1.35 bits per heavy atom. The van der Waals surface area contributed by atoms with Crippen LogP contribution in [-0.4, -0.2) is 29.8 Å². The molecule has 4 heteroatoms. The Morgan fingerprint density at radius 3 is 2.71 bits per heavy atom. The molecule has 2 saturated carbocycles. The van der Waals surface area contributed by atoms with Crippen molar-refractivity contribution in [2.75, 3.05) is 6.61 Å². The summed E-state index contributed by atoms with van der Waals surface area (Å²) in [7, 11) is 0. The van der Waals surface area contributed by atoms with Gasteiger partial charge in [0.2, 0.25) is 0 Å². The van der Waals surface area contributed by atoms with Gasteiger partial charge in [0.05, 0.1) is 12.6 Å². The smallest absolute Gasteiger partial charge is 0.315 e. The van der Waals surface area contributed by atoms with Gasteiger partial charge >= 0.3 is 6.03 Å². The fraction of sp³-hybridized carbons (Fsp3) is 0.923. The van der Waals surface area contributed by atoms with Crippen LogP contribution in [0, 0.1) is 11.8 Å². The first-order valence-electron chi connectivity index (χ1n) is 6.88. The quantitative estimate of drug-likeness (QED) is 0.699. The highest BCUT2D eigenvalue weighted by Crippen LogP contribution is 2.44. The molecule has 2 rings (SSSR count). The van der Waals surface area contributed by atoms with Crippen molar-refractivity contribution in [1.82, 2.24) is 10.6 Å². The highest BCUT2D eigenvalue weighted by atomic mass is 16.3. The molecule has 0 saturated heterocycles. The summed E-state index contributed by atoms with van der Waals surface area (Å²) in [6.07, 6.45) is 7.94. The SMILES string of the molecule is CC(CO)NC(=O)NC1CC1C1CCCCC1. The Kier molecular flexibility index (Phi) is 4.26. The molecule has 3 N–H and O–H groups in total. The molecule has 0 bridgehead atoms. The normalized spacial score (nSPS) is 30.7. The Morgan fingerprint density at radius 2 is 2.06 bits per heavy atom. The van der Waals surface area contributed by atoms with Gasteiger partial charge in [-0.1, -0.05) is 32.1 Å². The van der Waals surface area contributed by atoms with Crippen LogP contribution in [0.5, 0.6) is 0 Å². The molecule has 0 heterocycles. The van der Waals surface area contributed by atoms with Crippen molar-refractivity contribution in [3.8, 4) is 0 Å². The number of carbonyl (C=O) groups is 1. The Balaban J connectivity index is 1.66. The summed E-state index contributed by atoms with van der Waals surface area (Å²) in [6.45, 7) is 1.79. The maximum absolute atomic E-state index is 11.6. The van der Waals surface area contributed by atoms with Crippen molar-refractivity contribution in [3.05, 3.63) is 0 Å². The second-order valence-corrected chi connectivity index (χ2v) is 5.61. The highest BCUT2D eigenvalue weighted by molar-refractivity contribution is 5.75. The van der Waals surface area contributed by atoms with Crippen molar-refractivity contribution >= 4 is 6.03 Å². The molecule has 0 aliphatic heterocycles. The lowest BCUT2D eigenvalue weighted by Crippen LogP contribution is -2.43. The van der Waals surface area contributed by atoms with Crippen LogP contribution in [0.15, 0.2) is 0 Å². The zero-order valence-corrected chi connectivity index (χ0v) is 10.6. The predicted molar refractivity (Wildman–Crippen MR) is 66.7 cm³/mol. The minimum absolute atomic E-state index is 0.00978. The summed E-state index contributed by atoms with van der Waals surface area (Å²) < 4.78 is 0. The number of hydrogen-bond acceptors (Lipinski definition) is 2. The van der Waals surface area contributed by atoms with E-state index in [0.717, 1.165) is 12.3 Å². The number of nitrogens with one attached hydrogen (secondary N) is 2. The Bertz CT molecular complexity index is 264. The molecule has 0 aromatic heterocycles. The van der Waals surface area contributed by atoms with Gasteiger partial charge in [-0.05, 0) is 25.2 Å². The van der Waals surface area contributed by atoms with Gasteiger partial charge in [0, 0.05) is 6.04 Å². The van der Waals surface area contributed by atoms with Gasteiger partial charge in [-0.25, -0.2) is 4.79 Å². The van der Waals surface area contributed by atoms with Crippen LogP contribution in [0.3, 0.4) is 0 Å². The van der Waals surface area contributed by atoms with Crippen LogP contribution >= 0.6 is 0 Å². The third-order valence-corrected chi connectivity index (χ3v) is 4.06. The topological polar surface area (TPSA) is 61.4 Å². The molecule has 98 valence electrons. The first-order valence-corrected chi connectivity index (χ1v) is 6.88. The summed E-state index contributed by atoms with van der Waals surface area (Å²) in [5, 5.41) is 14.6. The molecule has 0 aromatic carbocycles. The lowest BCUT2D eigenvalue weighted by molar-refractivity contribution is 0.218. The summed E-state index contributed by atoms with van der Waals surface area (Å²) in [6, 6.07) is 0.0840. The van der Waals surface area contributed by atoms with Gasteiger partial charge in [0.15, 0.2) is 0 Å². The third-order valence-electron chi connectivity index (χ3n) is 4.06. The van der Waals surface area contributed by atoms with Crippen LogP contribution in [0.25, 0.3) is 0 Å². The van der Waals surface area contributed by atoms with Gasteiger partial charge < -0.3 is 15.7 Å². The number of rotatable bonds is 4. The molecular weight excluding hydrogens is 216 g/mol. The lowest BCUT2D eigenvalue weighted by Gasteiger charge is -2.21. The van der Waals surface area contributed by atoms with E-state index in [-0.39, 0.29) is 18.7 Å². The second kappa shape index (κ2) is 5.71. The monoisotopic (exact) mass is 240 g/mol. The van der Waals surface area contributed by atoms with Crippen LogP contribution in [0.2, 0.25) is 0 Å². The Labute approximate surface area is 103 Å².